The summed E-state index contributed by atoms with van der Waals surface area (Å²) in [7, 11) is 0. The molecule has 3 rings (SSSR count). The lowest BCUT2D eigenvalue weighted by atomic mass is 10.1. The number of hydrogen-bond acceptors (Lipinski definition) is 6. The van der Waals surface area contributed by atoms with Gasteiger partial charge in [0.05, 0.1) is 11.4 Å². The lowest BCUT2D eigenvalue weighted by Gasteiger charge is -2.11. The molecule has 1 fully saturated rings. The van der Waals surface area contributed by atoms with Crippen LogP contribution in [0.5, 0.6) is 0 Å². The van der Waals surface area contributed by atoms with Crippen LogP contribution in [0.15, 0.2) is 21.9 Å². The molecule has 1 saturated heterocycles. The Kier molecular flexibility index (Phi) is 3.40. The summed E-state index contributed by atoms with van der Waals surface area (Å²) in [6.07, 6.45) is 1.04. The van der Waals surface area contributed by atoms with Gasteiger partial charge in [-0.3, -0.25) is 4.90 Å². The molecule has 0 aliphatic carbocycles. The smallest absolute Gasteiger partial charge is 0.257 e. The van der Waals surface area contributed by atoms with Crippen LogP contribution in [-0.2, 0) is 6.54 Å². The van der Waals surface area contributed by atoms with E-state index in [1.165, 1.54) is 0 Å². The zero-order valence-corrected chi connectivity index (χ0v) is 10.8. The summed E-state index contributed by atoms with van der Waals surface area (Å²) in [6.45, 7) is 2.84. The van der Waals surface area contributed by atoms with Gasteiger partial charge in [-0.25, -0.2) is 0 Å². The van der Waals surface area contributed by atoms with E-state index in [9.17, 15) is 0 Å². The van der Waals surface area contributed by atoms with Gasteiger partial charge in [0.2, 0.25) is 5.89 Å². The minimum atomic E-state index is 0.265. The second kappa shape index (κ2) is 5.17. The van der Waals surface area contributed by atoms with Crippen molar-refractivity contribution in [3.05, 3.63) is 23.4 Å². The summed E-state index contributed by atoms with van der Waals surface area (Å²) < 4.78 is 5.64. The van der Waals surface area contributed by atoms with Gasteiger partial charge in [0.25, 0.3) is 5.89 Å². The first kappa shape index (κ1) is 11.8. The van der Waals surface area contributed by atoms with E-state index in [1.54, 1.807) is 11.3 Å². The molecule has 2 aromatic heterocycles. The van der Waals surface area contributed by atoms with E-state index in [4.69, 9.17) is 9.52 Å². The largest absolute Gasteiger partial charge is 0.419 e. The van der Waals surface area contributed by atoms with Crippen LogP contribution in [0, 0.1) is 5.92 Å². The molecule has 1 aliphatic rings. The van der Waals surface area contributed by atoms with Crippen molar-refractivity contribution in [2.24, 2.45) is 5.92 Å². The van der Waals surface area contributed by atoms with Crippen LogP contribution in [-0.4, -0.2) is 39.9 Å². The predicted octanol–water partition coefficient (Wildman–Crippen LogP) is 1.61. The molecular formula is C12H15N3O2S. The first-order valence-electron chi connectivity index (χ1n) is 6.04. The normalized spacial score (nSPS) is 20.6. The molecule has 2 aromatic rings. The quantitative estimate of drug-likeness (QED) is 0.910. The van der Waals surface area contributed by atoms with Gasteiger partial charge in [0.1, 0.15) is 0 Å². The maximum Gasteiger partial charge on any atom is 0.257 e. The highest BCUT2D eigenvalue weighted by Crippen LogP contribution is 2.24. The van der Waals surface area contributed by atoms with Crippen LogP contribution in [0.3, 0.4) is 0 Å². The van der Waals surface area contributed by atoms with Crippen molar-refractivity contribution in [2.45, 2.75) is 13.0 Å². The lowest BCUT2D eigenvalue weighted by Crippen LogP contribution is -2.21. The van der Waals surface area contributed by atoms with Crippen LogP contribution in [0.2, 0.25) is 0 Å². The number of nitrogens with zero attached hydrogens (tertiary/aromatic N) is 3. The summed E-state index contributed by atoms with van der Waals surface area (Å²) >= 11 is 1.59. The minimum absolute atomic E-state index is 0.265. The van der Waals surface area contributed by atoms with Crippen LogP contribution in [0.1, 0.15) is 12.3 Å². The van der Waals surface area contributed by atoms with Gasteiger partial charge in [-0.05, 0) is 30.3 Å². The van der Waals surface area contributed by atoms with E-state index >= 15 is 0 Å². The van der Waals surface area contributed by atoms with Crippen molar-refractivity contribution >= 4 is 11.3 Å². The van der Waals surface area contributed by atoms with Gasteiger partial charge >= 0.3 is 0 Å². The van der Waals surface area contributed by atoms with E-state index in [1.807, 2.05) is 17.5 Å². The summed E-state index contributed by atoms with van der Waals surface area (Å²) in [4.78, 5) is 3.25. The molecule has 18 heavy (non-hydrogen) atoms. The van der Waals surface area contributed by atoms with Crippen LogP contribution >= 0.6 is 11.3 Å². The zero-order valence-electron chi connectivity index (χ0n) is 9.95. The summed E-state index contributed by atoms with van der Waals surface area (Å²) in [5.74, 6) is 1.64. The van der Waals surface area contributed by atoms with Crippen molar-refractivity contribution in [3.8, 4) is 10.8 Å². The molecular weight excluding hydrogens is 250 g/mol. The van der Waals surface area contributed by atoms with Crippen LogP contribution in [0.25, 0.3) is 10.8 Å². The second-order valence-corrected chi connectivity index (χ2v) is 5.50. The number of likely N-dealkylation sites (tertiary alicyclic amines) is 1. The van der Waals surface area contributed by atoms with Crippen molar-refractivity contribution in [3.63, 3.8) is 0 Å². The minimum Gasteiger partial charge on any atom is -0.419 e. The lowest BCUT2D eigenvalue weighted by molar-refractivity contribution is 0.215. The SMILES string of the molecule is OCC1CCN(Cc2nnc(-c3cccs3)o2)C1. The number of hydrogen-bond donors (Lipinski definition) is 1. The Morgan fingerprint density at radius 1 is 1.50 bits per heavy atom. The molecule has 5 nitrogen and oxygen atoms in total. The highest BCUT2D eigenvalue weighted by molar-refractivity contribution is 7.13. The zero-order chi connectivity index (χ0) is 12.4. The Labute approximate surface area is 109 Å². The molecule has 0 amide bonds. The maximum absolute atomic E-state index is 9.10. The van der Waals surface area contributed by atoms with Gasteiger partial charge in [0, 0.05) is 13.2 Å². The van der Waals surface area contributed by atoms with Crippen molar-refractivity contribution in [1.82, 2.24) is 15.1 Å². The maximum atomic E-state index is 9.10. The monoisotopic (exact) mass is 265 g/mol. The third kappa shape index (κ3) is 2.45. The molecule has 1 aliphatic heterocycles. The van der Waals surface area contributed by atoms with Gasteiger partial charge in [-0.15, -0.1) is 21.5 Å². The molecule has 96 valence electrons. The van der Waals surface area contributed by atoms with E-state index < -0.39 is 0 Å². The molecule has 0 aromatic carbocycles. The van der Waals surface area contributed by atoms with Gasteiger partial charge in [-0.1, -0.05) is 6.07 Å². The third-order valence-corrected chi connectivity index (χ3v) is 4.04. The van der Waals surface area contributed by atoms with Crippen molar-refractivity contribution < 1.29 is 9.52 Å². The number of aromatic nitrogens is 2. The molecule has 0 saturated carbocycles. The molecule has 1 unspecified atom stereocenters. The molecule has 0 radical (unpaired) electrons. The van der Waals surface area contributed by atoms with Gasteiger partial charge in [-0.2, -0.15) is 0 Å². The van der Waals surface area contributed by atoms with Crippen LogP contribution < -0.4 is 0 Å². The highest BCUT2D eigenvalue weighted by atomic mass is 32.1. The summed E-state index contributed by atoms with van der Waals surface area (Å²) in [5, 5.41) is 19.2. The predicted molar refractivity (Wildman–Crippen MR) is 68.1 cm³/mol. The number of aliphatic hydroxyl groups is 1. The third-order valence-electron chi connectivity index (χ3n) is 3.19. The second-order valence-electron chi connectivity index (χ2n) is 4.55. The van der Waals surface area contributed by atoms with Crippen LogP contribution in [0.4, 0.5) is 0 Å². The van der Waals surface area contributed by atoms with Gasteiger partial charge in [0.15, 0.2) is 0 Å². The Balaban J connectivity index is 1.64. The van der Waals surface area contributed by atoms with E-state index in [2.05, 4.69) is 15.1 Å². The summed E-state index contributed by atoms with van der Waals surface area (Å²) in [5.41, 5.74) is 0. The van der Waals surface area contributed by atoms with E-state index in [0.717, 1.165) is 24.4 Å². The number of aliphatic hydroxyl groups excluding tert-OH is 1. The first-order chi connectivity index (χ1) is 8.85. The fourth-order valence-corrected chi connectivity index (χ4v) is 2.86. The Bertz CT molecular complexity index is 497. The number of thiophene rings is 1. The summed E-state index contributed by atoms with van der Waals surface area (Å²) in [6, 6.07) is 3.94. The van der Waals surface area contributed by atoms with E-state index in [0.29, 0.717) is 24.2 Å². The van der Waals surface area contributed by atoms with Gasteiger partial charge < -0.3 is 9.52 Å². The standard InChI is InChI=1S/C12H15N3O2S/c16-8-9-3-4-15(6-9)7-11-13-14-12(17-11)10-2-1-5-18-10/h1-2,5,9,16H,3-4,6-8H2. The Morgan fingerprint density at radius 3 is 3.17 bits per heavy atom. The number of rotatable bonds is 4. The van der Waals surface area contributed by atoms with Crippen molar-refractivity contribution in [1.29, 1.82) is 0 Å². The average molecular weight is 265 g/mol. The Morgan fingerprint density at radius 2 is 2.44 bits per heavy atom. The topological polar surface area (TPSA) is 62.4 Å². The fourth-order valence-electron chi connectivity index (χ4n) is 2.21. The Hall–Kier alpha value is -1.24. The molecule has 0 bridgehead atoms. The molecule has 3 heterocycles. The van der Waals surface area contributed by atoms with Crippen molar-refractivity contribution in [2.75, 3.05) is 19.7 Å². The molecule has 1 N–H and O–H groups in total. The average Bonchev–Trinajstić information content (AvgIpc) is 3.10. The fraction of sp³-hybridized carbons (Fsp3) is 0.500. The van der Waals surface area contributed by atoms with E-state index in [-0.39, 0.29) is 6.61 Å². The molecule has 0 spiro atoms. The highest BCUT2D eigenvalue weighted by Gasteiger charge is 2.23. The first-order valence-corrected chi connectivity index (χ1v) is 6.92. The molecule has 1 atom stereocenters. The molecule has 6 heteroatoms.